The molecule has 1 aromatic rings. The van der Waals surface area contributed by atoms with E-state index in [0.717, 1.165) is 37.4 Å². The molecular weight excluding hydrogens is 409 g/mol. The minimum atomic E-state index is -0.571. The Morgan fingerprint density at radius 3 is 2.85 bits per heavy atom. The number of benzene rings is 1. The van der Waals surface area contributed by atoms with Gasteiger partial charge in [0.1, 0.15) is 11.9 Å². The molecule has 0 spiro atoms. The Morgan fingerprint density at radius 1 is 1.30 bits per heavy atom. The molecule has 4 rings (SSSR count). The summed E-state index contributed by atoms with van der Waals surface area (Å²) in [5, 5.41) is -0.0903. The first-order valence-electron chi connectivity index (χ1n) is 8.58. The van der Waals surface area contributed by atoms with Gasteiger partial charge in [-0.05, 0) is 43.5 Å². The van der Waals surface area contributed by atoms with Crippen LogP contribution in [0.4, 0.5) is 10.1 Å². The number of ether oxygens (including phenoxy) is 1. The minimum Gasteiger partial charge on any atom is -0.497 e. The zero-order valence-corrected chi connectivity index (χ0v) is 16.5. The number of carbonyl (C=O) groups excluding carboxylic acids is 2. The molecule has 1 aromatic carbocycles. The number of hydrogen-bond acceptors (Lipinski definition) is 5. The van der Waals surface area contributed by atoms with Crippen molar-refractivity contribution in [1.29, 1.82) is 0 Å². The lowest BCUT2D eigenvalue weighted by atomic mass is 9.80. The number of ketones is 1. The summed E-state index contributed by atoms with van der Waals surface area (Å²) in [5.41, 5.74) is 0.774. The van der Waals surface area contributed by atoms with Gasteiger partial charge < -0.3 is 4.74 Å². The lowest BCUT2D eigenvalue weighted by molar-refractivity contribution is -0.126. The molecule has 2 atom stereocenters. The van der Waals surface area contributed by atoms with Crippen LogP contribution in [0.3, 0.4) is 0 Å². The van der Waals surface area contributed by atoms with Crippen molar-refractivity contribution in [2.45, 2.75) is 31.8 Å². The molecule has 2 unspecified atom stereocenters. The van der Waals surface area contributed by atoms with E-state index in [1.807, 2.05) is 0 Å². The Labute approximate surface area is 170 Å². The SMILES string of the molecule is O=C1C(/C=C2/SC(=S)N(c3ccc(F)c(Cl)c3)C2=O)=COC2CCCCC12. The lowest BCUT2D eigenvalue weighted by Crippen LogP contribution is -2.36. The molecule has 1 amide bonds. The number of carbonyl (C=O) groups is 2. The fourth-order valence-corrected chi connectivity index (χ4v) is 5.02. The summed E-state index contributed by atoms with van der Waals surface area (Å²) >= 11 is 12.2. The van der Waals surface area contributed by atoms with E-state index in [-0.39, 0.29) is 28.7 Å². The number of nitrogens with zero attached hydrogens (tertiary/aromatic N) is 1. The molecule has 1 aliphatic carbocycles. The predicted molar refractivity (Wildman–Crippen MR) is 107 cm³/mol. The summed E-state index contributed by atoms with van der Waals surface area (Å²) in [6.07, 6.45) is 6.71. The Morgan fingerprint density at radius 2 is 2.07 bits per heavy atom. The number of hydrogen-bond donors (Lipinski definition) is 0. The summed E-state index contributed by atoms with van der Waals surface area (Å²) in [5.74, 6) is -1.07. The number of thioether (sulfide) groups is 1. The van der Waals surface area contributed by atoms with Crippen molar-refractivity contribution in [3.63, 3.8) is 0 Å². The Kier molecular flexibility index (Phi) is 5.09. The third-order valence-corrected chi connectivity index (χ3v) is 6.53. The number of halogens is 2. The maximum absolute atomic E-state index is 13.4. The second-order valence-electron chi connectivity index (χ2n) is 6.62. The first-order valence-corrected chi connectivity index (χ1v) is 10.2. The Hall–Kier alpha value is -1.70. The van der Waals surface area contributed by atoms with Gasteiger partial charge in [-0.3, -0.25) is 14.5 Å². The van der Waals surface area contributed by atoms with Gasteiger partial charge in [-0.1, -0.05) is 42.0 Å². The molecule has 4 nitrogen and oxygen atoms in total. The van der Waals surface area contributed by atoms with Crippen LogP contribution < -0.4 is 4.90 Å². The van der Waals surface area contributed by atoms with Gasteiger partial charge in [-0.2, -0.15) is 0 Å². The van der Waals surface area contributed by atoms with Crippen LogP contribution in [0.2, 0.25) is 5.02 Å². The molecule has 2 fully saturated rings. The molecule has 2 aliphatic heterocycles. The zero-order valence-electron chi connectivity index (χ0n) is 14.1. The number of rotatable bonds is 2. The van der Waals surface area contributed by atoms with Gasteiger partial charge in [0.25, 0.3) is 5.91 Å². The van der Waals surface area contributed by atoms with Crippen LogP contribution >= 0.6 is 35.6 Å². The fraction of sp³-hybridized carbons (Fsp3) is 0.316. The third-order valence-electron chi connectivity index (χ3n) is 4.94. The number of fused-ring (bicyclic) bond motifs is 1. The van der Waals surface area contributed by atoms with Gasteiger partial charge in [0.15, 0.2) is 10.1 Å². The minimum absolute atomic E-state index is 0.0149. The summed E-state index contributed by atoms with van der Waals surface area (Å²) in [6.45, 7) is 0. The van der Waals surface area contributed by atoms with Gasteiger partial charge in [0.05, 0.1) is 33.4 Å². The van der Waals surface area contributed by atoms with Crippen molar-refractivity contribution < 1.29 is 18.7 Å². The van der Waals surface area contributed by atoms with Crippen molar-refractivity contribution >= 4 is 57.3 Å². The van der Waals surface area contributed by atoms with Gasteiger partial charge >= 0.3 is 0 Å². The monoisotopic (exact) mass is 423 g/mol. The molecule has 3 aliphatic rings. The van der Waals surface area contributed by atoms with Crippen molar-refractivity contribution in [2.75, 3.05) is 4.90 Å². The van der Waals surface area contributed by atoms with Crippen LogP contribution in [0.1, 0.15) is 25.7 Å². The molecule has 0 aromatic heterocycles. The van der Waals surface area contributed by atoms with E-state index < -0.39 is 5.82 Å². The molecule has 27 heavy (non-hydrogen) atoms. The topological polar surface area (TPSA) is 46.6 Å². The molecule has 1 saturated carbocycles. The van der Waals surface area contributed by atoms with Crippen LogP contribution in [0.25, 0.3) is 0 Å². The molecular formula is C19H15ClFNO3S2. The molecule has 1 saturated heterocycles. The largest absolute Gasteiger partial charge is 0.497 e. The van der Waals surface area contributed by atoms with E-state index in [2.05, 4.69) is 0 Å². The molecule has 0 radical (unpaired) electrons. The maximum Gasteiger partial charge on any atom is 0.270 e. The molecule has 2 heterocycles. The fourth-order valence-electron chi connectivity index (χ4n) is 3.55. The number of allylic oxidation sites excluding steroid dienone is 2. The van der Waals surface area contributed by atoms with Crippen LogP contribution in [-0.4, -0.2) is 22.1 Å². The van der Waals surface area contributed by atoms with E-state index in [0.29, 0.717) is 20.5 Å². The Balaban J connectivity index is 1.60. The summed E-state index contributed by atoms with van der Waals surface area (Å²) < 4.78 is 19.4. The van der Waals surface area contributed by atoms with E-state index in [4.69, 9.17) is 28.6 Å². The highest BCUT2D eigenvalue weighted by Gasteiger charge is 2.38. The highest BCUT2D eigenvalue weighted by molar-refractivity contribution is 8.27. The molecule has 8 heteroatoms. The van der Waals surface area contributed by atoms with Crippen LogP contribution in [0.5, 0.6) is 0 Å². The van der Waals surface area contributed by atoms with Crippen molar-refractivity contribution in [2.24, 2.45) is 5.92 Å². The smallest absolute Gasteiger partial charge is 0.270 e. The average molecular weight is 424 g/mol. The van der Waals surface area contributed by atoms with E-state index in [1.54, 1.807) is 0 Å². The lowest BCUT2D eigenvalue weighted by Gasteiger charge is -2.33. The van der Waals surface area contributed by atoms with Gasteiger partial charge in [0.2, 0.25) is 0 Å². The van der Waals surface area contributed by atoms with E-state index in [9.17, 15) is 14.0 Å². The van der Waals surface area contributed by atoms with E-state index in [1.165, 1.54) is 35.4 Å². The van der Waals surface area contributed by atoms with Gasteiger partial charge in [-0.25, -0.2) is 4.39 Å². The normalized spacial score (nSPS) is 26.9. The first kappa shape index (κ1) is 18.7. The quantitative estimate of drug-likeness (QED) is 0.506. The number of Topliss-reactive ketones (excluding diaryl/α,β-unsaturated/α-hetero) is 1. The highest BCUT2D eigenvalue weighted by Crippen LogP contribution is 2.39. The Bertz CT molecular complexity index is 914. The average Bonchev–Trinajstić information content (AvgIpc) is 2.93. The number of thiocarbonyl (C=S) groups is 1. The van der Waals surface area contributed by atoms with Crippen molar-refractivity contribution in [3.05, 3.63) is 51.9 Å². The second-order valence-corrected chi connectivity index (χ2v) is 8.70. The second kappa shape index (κ2) is 7.37. The predicted octanol–water partition coefficient (Wildman–Crippen LogP) is 4.77. The maximum atomic E-state index is 13.4. The van der Waals surface area contributed by atoms with Crippen LogP contribution in [0, 0.1) is 11.7 Å². The summed E-state index contributed by atoms with van der Waals surface area (Å²) in [7, 11) is 0. The van der Waals surface area contributed by atoms with Crippen molar-refractivity contribution in [1.82, 2.24) is 0 Å². The summed E-state index contributed by atoms with van der Waals surface area (Å²) in [4.78, 5) is 27.2. The molecule has 0 bridgehead atoms. The molecule has 0 N–H and O–H groups in total. The number of anilines is 1. The van der Waals surface area contributed by atoms with Crippen LogP contribution in [-0.2, 0) is 14.3 Å². The van der Waals surface area contributed by atoms with Crippen LogP contribution in [0.15, 0.2) is 41.0 Å². The first-order chi connectivity index (χ1) is 13.0. The van der Waals surface area contributed by atoms with Crippen molar-refractivity contribution in [3.8, 4) is 0 Å². The zero-order chi connectivity index (χ0) is 19.1. The number of amides is 1. The summed E-state index contributed by atoms with van der Waals surface area (Å²) in [6, 6.07) is 3.98. The highest BCUT2D eigenvalue weighted by atomic mass is 35.5. The van der Waals surface area contributed by atoms with E-state index >= 15 is 0 Å². The third kappa shape index (κ3) is 3.44. The van der Waals surface area contributed by atoms with Gasteiger partial charge in [-0.15, -0.1) is 0 Å². The molecule has 140 valence electrons. The standard InChI is InChI=1S/C19H15ClFNO3S2/c20-13-8-11(5-6-14(13)21)22-18(24)16(27-19(22)26)7-10-9-25-15-4-2-1-3-12(15)17(10)23/h5-9,12,15H,1-4H2/b16-7+. The van der Waals surface area contributed by atoms with Gasteiger partial charge in [0, 0.05) is 0 Å².